The summed E-state index contributed by atoms with van der Waals surface area (Å²) in [6.07, 6.45) is 0.400. The molecule has 2 aromatic carbocycles. The minimum atomic E-state index is -0.00626. The van der Waals surface area contributed by atoms with Gasteiger partial charge in [0.2, 0.25) is 5.91 Å². The van der Waals surface area contributed by atoms with Crippen molar-refractivity contribution in [2.45, 2.75) is 6.42 Å². The highest BCUT2D eigenvalue weighted by Gasteiger charge is 2.22. The number of amides is 2. The van der Waals surface area contributed by atoms with Gasteiger partial charge in [0.1, 0.15) is 0 Å². The fourth-order valence-electron chi connectivity index (χ4n) is 3.46. The van der Waals surface area contributed by atoms with Crippen molar-refractivity contribution < 1.29 is 9.59 Å². The zero-order chi connectivity index (χ0) is 20.1. The van der Waals surface area contributed by atoms with Gasteiger partial charge in [-0.3, -0.25) is 9.59 Å². The molecule has 1 aromatic heterocycles. The van der Waals surface area contributed by atoms with Crippen LogP contribution in [0.5, 0.6) is 0 Å². The summed E-state index contributed by atoms with van der Waals surface area (Å²) in [5, 5.41) is 4.92. The van der Waals surface area contributed by atoms with Crippen LogP contribution < -0.4 is 10.2 Å². The summed E-state index contributed by atoms with van der Waals surface area (Å²) >= 11 is 1.59. The molecular formula is C23H23N3O2S. The third-order valence-electron chi connectivity index (χ3n) is 5.02. The Morgan fingerprint density at radius 2 is 1.59 bits per heavy atom. The highest BCUT2D eigenvalue weighted by atomic mass is 32.1. The normalized spacial score (nSPS) is 13.9. The zero-order valence-electron chi connectivity index (χ0n) is 16.1. The Morgan fingerprint density at radius 3 is 2.24 bits per heavy atom. The molecule has 3 aromatic rings. The van der Waals surface area contributed by atoms with E-state index in [0.29, 0.717) is 19.5 Å². The van der Waals surface area contributed by atoms with E-state index in [-0.39, 0.29) is 11.8 Å². The van der Waals surface area contributed by atoms with E-state index < -0.39 is 0 Å². The minimum absolute atomic E-state index is 0.00626. The zero-order valence-corrected chi connectivity index (χ0v) is 16.9. The summed E-state index contributed by atoms with van der Waals surface area (Å²) in [6.45, 7) is 2.99. The van der Waals surface area contributed by atoms with Crippen LogP contribution in [0.15, 0.2) is 72.1 Å². The first-order valence-electron chi connectivity index (χ1n) is 9.70. The lowest BCUT2D eigenvalue weighted by Gasteiger charge is -2.36. The maximum absolute atomic E-state index is 12.6. The average molecular weight is 406 g/mol. The Labute approximate surface area is 174 Å². The number of rotatable bonds is 5. The Bertz CT molecular complexity index is 948. The lowest BCUT2D eigenvalue weighted by Crippen LogP contribution is -2.48. The third-order valence-corrected chi connectivity index (χ3v) is 5.90. The first kappa shape index (κ1) is 19.2. The molecular weight excluding hydrogens is 382 g/mol. The molecule has 0 radical (unpaired) electrons. The first-order valence-corrected chi connectivity index (χ1v) is 10.6. The molecule has 0 aliphatic carbocycles. The molecule has 1 aliphatic rings. The molecule has 0 bridgehead atoms. The van der Waals surface area contributed by atoms with E-state index in [0.717, 1.165) is 34.9 Å². The van der Waals surface area contributed by atoms with Crippen molar-refractivity contribution >= 4 is 34.5 Å². The highest BCUT2D eigenvalue weighted by molar-refractivity contribution is 7.10. The van der Waals surface area contributed by atoms with Crippen LogP contribution >= 0.6 is 11.3 Å². The van der Waals surface area contributed by atoms with Gasteiger partial charge < -0.3 is 15.1 Å². The van der Waals surface area contributed by atoms with E-state index in [4.69, 9.17) is 0 Å². The number of anilines is 2. The van der Waals surface area contributed by atoms with E-state index in [1.807, 2.05) is 77.0 Å². The minimum Gasteiger partial charge on any atom is -0.368 e. The highest BCUT2D eigenvalue weighted by Crippen LogP contribution is 2.21. The summed E-state index contributed by atoms with van der Waals surface area (Å²) in [5.41, 5.74) is 2.64. The van der Waals surface area contributed by atoms with E-state index >= 15 is 0 Å². The van der Waals surface area contributed by atoms with Gasteiger partial charge >= 0.3 is 0 Å². The summed E-state index contributed by atoms with van der Waals surface area (Å²) in [7, 11) is 0. The van der Waals surface area contributed by atoms with Gasteiger partial charge in [0.15, 0.2) is 0 Å². The molecule has 0 saturated carbocycles. The van der Waals surface area contributed by atoms with Crippen molar-refractivity contribution in [3.63, 3.8) is 0 Å². The average Bonchev–Trinajstić information content (AvgIpc) is 3.27. The first-order chi connectivity index (χ1) is 14.2. The number of hydrogen-bond donors (Lipinski definition) is 1. The van der Waals surface area contributed by atoms with Crippen molar-refractivity contribution in [3.05, 3.63) is 82.6 Å². The van der Waals surface area contributed by atoms with Gasteiger partial charge in [0, 0.05) is 48.0 Å². The molecule has 0 unspecified atom stereocenters. The predicted octanol–water partition coefficient (Wildman–Crippen LogP) is 3.89. The van der Waals surface area contributed by atoms with Crippen LogP contribution in [-0.2, 0) is 11.2 Å². The molecule has 1 saturated heterocycles. The van der Waals surface area contributed by atoms with Crippen molar-refractivity contribution in [2.75, 3.05) is 36.4 Å². The monoisotopic (exact) mass is 405 g/mol. The Morgan fingerprint density at radius 1 is 0.862 bits per heavy atom. The van der Waals surface area contributed by atoms with Crippen molar-refractivity contribution in [3.8, 4) is 0 Å². The third kappa shape index (κ3) is 4.84. The van der Waals surface area contributed by atoms with Crippen molar-refractivity contribution in [1.82, 2.24) is 4.90 Å². The molecule has 6 heteroatoms. The van der Waals surface area contributed by atoms with Gasteiger partial charge in [-0.05, 0) is 47.8 Å². The van der Waals surface area contributed by atoms with E-state index in [9.17, 15) is 9.59 Å². The molecule has 4 rings (SSSR count). The molecule has 1 fully saturated rings. The second-order valence-corrected chi connectivity index (χ2v) is 8.03. The largest absolute Gasteiger partial charge is 0.368 e. The lowest BCUT2D eigenvalue weighted by molar-refractivity contribution is -0.115. The molecule has 0 atom stereocenters. The number of carbonyl (C=O) groups excluding carboxylic acids is 2. The Hall–Kier alpha value is -3.12. The topological polar surface area (TPSA) is 52.7 Å². The second-order valence-electron chi connectivity index (χ2n) is 7.00. The molecule has 2 amide bonds. The number of nitrogens with zero attached hydrogens (tertiary/aromatic N) is 2. The van der Waals surface area contributed by atoms with E-state index in [1.54, 1.807) is 11.3 Å². The Balaban J connectivity index is 1.30. The smallest absolute Gasteiger partial charge is 0.253 e. The SMILES string of the molecule is O=C(Cc1cccs1)Nc1ccc(N2CCN(C(=O)c3ccccc3)CC2)cc1. The lowest BCUT2D eigenvalue weighted by atomic mass is 10.1. The summed E-state index contributed by atoms with van der Waals surface area (Å²) in [4.78, 5) is 29.9. The van der Waals surface area contributed by atoms with Crippen LogP contribution in [0.2, 0.25) is 0 Å². The summed E-state index contributed by atoms with van der Waals surface area (Å²) in [6, 6.07) is 21.3. The van der Waals surface area contributed by atoms with Crippen LogP contribution in [-0.4, -0.2) is 42.9 Å². The maximum Gasteiger partial charge on any atom is 0.253 e. The molecule has 5 nitrogen and oxygen atoms in total. The summed E-state index contributed by atoms with van der Waals surface area (Å²) < 4.78 is 0. The standard InChI is InChI=1S/C23H23N3O2S/c27-22(17-21-7-4-16-29-21)24-19-8-10-20(11-9-19)25-12-14-26(15-13-25)23(28)18-5-2-1-3-6-18/h1-11,16H,12-15,17H2,(H,24,27). The van der Waals surface area contributed by atoms with Crippen LogP contribution in [0.1, 0.15) is 15.2 Å². The van der Waals surface area contributed by atoms with Gasteiger partial charge in [-0.25, -0.2) is 0 Å². The molecule has 29 heavy (non-hydrogen) atoms. The van der Waals surface area contributed by atoms with Crippen LogP contribution in [0.4, 0.5) is 11.4 Å². The van der Waals surface area contributed by atoms with Crippen molar-refractivity contribution in [1.29, 1.82) is 0 Å². The number of hydrogen-bond acceptors (Lipinski definition) is 4. The molecule has 1 aliphatic heterocycles. The second kappa shape index (κ2) is 8.92. The van der Waals surface area contributed by atoms with Gasteiger partial charge in [0.25, 0.3) is 5.91 Å². The number of thiophene rings is 1. The van der Waals surface area contributed by atoms with E-state index in [1.165, 1.54) is 0 Å². The maximum atomic E-state index is 12.6. The number of piperazine rings is 1. The van der Waals surface area contributed by atoms with Gasteiger partial charge in [0.05, 0.1) is 6.42 Å². The molecule has 2 heterocycles. The molecule has 1 N–H and O–H groups in total. The van der Waals surface area contributed by atoms with Gasteiger partial charge in [-0.15, -0.1) is 11.3 Å². The number of benzene rings is 2. The van der Waals surface area contributed by atoms with Crippen LogP contribution in [0.3, 0.4) is 0 Å². The van der Waals surface area contributed by atoms with Crippen molar-refractivity contribution in [2.24, 2.45) is 0 Å². The van der Waals surface area contributed by atoms with Crippen LogP contribution in [0.25, 0.3) is 0 Å². The molecule has 0 spiro atoms. The number of nitrogens with one attached hydrogen (secondary N) is 1. The fraction of sp³-hybridized carbons (Fsp3) is 0.217. The summed E-state index contributed by atoms with van der Waals surface area (Å²) in [5.74, 6) is 0.0855. The molecule has 148 valence electrons. The van der Waals surface area contributed by atoms with Gasteiger partial charge in [-0.1, -0.05) is 24.3 Å². The van der Waals surface area contributed by atoms with Crippen LogP contribution in [0, 0.1) is 0 Å². The van der Waals surface area contributed by atoms with Gasteiger partial charge in [-0.2, -0.15) is 0 Å². The van der Waals surface area contributed by atoms with E-state index in [2.05, 4.69) is 10.2 Å². The quantitative estimate of drug-likeness (QED) is 0.701. The number of carbonyl (C=O) groups is 2. The fourth-order valence-corrected chi connectivity index (χ4v) is 4.17. The predicted molar refractivity (Wildman–Crippen MR) is 118 cm³/mol. The Kier molecular flexibility index (Phi) is 5.91.